The lowest BCUT2D eigenvalue weighted by Crippen LogP contribution is -2.09. The van der Waals surface area contributed by atoms with Gasteiger partial charge in [-0.05, 0) is 38.0 Å². The first kappa shape index (κ1) is 13.1. The number of nitrogens with zero attached hydrogens (tertiary/aromatic N) is 1. The number of amides is 1. The van der Waals surface area contributed by atoms with E-state index >= 15 is 0 Å². The van der Waals surface area contributed by atoms with E-state index in [1.165, 1.54) is 6.08 Å². The highest BCUT2D eigenvalue weighted by Crippen LogP contribution is 2.16. The molecule has 1 aromatic carbocycles. The number of hydrogen-bond donors (Lipinski definition) is 2. The molecular weight excluding hydrogens is 238 g/mol. The van der Waals surface area contributed by atoms with Gasteiger partial charge in [-0.1, -0.05) is 24.3 Å². The summed E-state index contributed by atoms with van der Waals surface area (Å²) in [6.07, 6.45) is 3.35. The fourth-order valence-electron chi connectivity index (χ4n) is 1.84. The molecule has 1 aromatic heterocycles. The Morgan fingerprint density at radius 2 is 2.00 bits per heavy atom. The predicted octanol–water partition coefficient (Wildman–Crippen LogP) is 2.99. The van der Waals surface area contributed by atoms with Crippen LogP contribution in [0.5, 0.6) is 0 Å². The topological polar surface area (TPSA) is 57.8 Å². The van der Waals surface area contributed by atoms with Gasteiger partial charge in [-0.2, -0.15) is 5.10 Å². The number of aromatic nitrogens is 2. The maximum Gasteiger partial charge on any atom is 0.248 e. The number of nitrogens with one attached hydrogen (secondary N) is 2. The number of anilines is 1. The summed E-state index contributed by atoms with van der Waals surface area (Å²) < 4.78 is 0. The second-order valence-corrected chi connectivity index (χ2v) is 4.49. The zero-order chi connectivity index (χ0) is 13.8. The summed E-state index contributed by atoms with van der Waals surface area (Å²) in [6.45, 7) is 5.74. The lowest BCUT2D eigenvalue weighted by atomic mass is 10.1. The van der Waals surface area contributed by atoms with Gasteiger partial charge in [0, 0.05) is 6.08 Å². The van der Waals surface area contributed by atoms with Crippen LogP contribution in [0.2, 0.25) is 0 Å². The summed E-state index contributed by atoms with van der Waals surface area (Å²) in [7, 11) is 0. The van der Waals surface area contributed by atoms with E-state index in [4.69, 9.17) is 0 Å². The molecule has 0 saturated heterocycles. The van der Waals surface area contributed by atoms with Crippen molar-refractivity contribution in [3.63, 3.8) is 0 Å². The molecule has 0 radical (unpaired) electrons. The number of hydrogen-bond acceptors (Lipinski definition) is 2. The molecule has 0 bridgehead atoms. The number of carbonyl (C=O) groups is 1. The van der Waals surface area contributed by atoms with Gasteiger partial charge in [0.25, 0.3) is 0 Å². The molecule has 98 valence electrons. The summed E-state index contributed by atoms with van der Waals surface area (Å²) in [5.74, 6) is -0.157. The molecular formula is C15H17N3O. The van der Waals surface area contributed by atoms with Crippen LogP contribution in [-0.4, -0.2) is 16.1 Å². The monoisotopic (exact) mass is 255 g/mol. The van der Waals surface area contributed by atoms with E-state index in [2.05, 4.69) is 15.5 Å². The zero-order valence-electron chi connectivity index (χ0n) is 11.3. The summed E-state index contributed by atoms with van der Waals surface area (Å²) in [6, 6.07) is 7.93. The third kappa shape index (κ3) is 3.10. The highest BCUT2D eigenvalue weighted by atomic mass is 16.1. The Kier molecular flexibility index (Phi) is 3.80. The van der Waals surface area contributed by atoms with Gasteiger partial charge in [0.05, 0.1) is 17.1 Å². The van der Waals surface area contributed by atoms with E-state index in [0.717, 1.165) is 28.2 Å². The number of carbonyl (C=O) groups excluding carboxylic acids is 1. The van der Waals surface area contributed by atoms with Crippen LogP contribution in [0.4, 0.5) is 5.69 Å². The number of aromatic amines is 1. The lowest BCUT2D eigenvalue weighted by molar-refractivity contribution is -0.111. The number of H-pyrrole nitrogens is 1. The molecule has 2 N–H and O–H groups in total. The average molecular weight is 255 g/mol. The minimum absolute atomic E-state index is 0.157. The van der Waals surface area contributed by atoms with Gasteiger partial charge >= 0.3 is 0 Å². The highest BCUT2D eigenvalue weighted by Gasteiger charge is 2.07. The van der Waals surface area contributed by atoms with E-state index in [-0.39, 0.29) is 5.91 Å². The van der Waals surface area contributed by atoms with Gasteiger partial charge in [-0.15, -0.1) is 0 Å². The lowest BCUT2D eigenvalue weighted by Gasteiger charge is -2.02. The van der Waals surface area contributed by atoms with E-state index in [1.807, 2.05) is 51.1 Å². The molecule has 4 nitrogen and oxygen atoms in total. The Balaban J connectivity index is 2.08. The van der Waals surface area contributed by atoms with Gasteiger partial charge in [-0.25, -0.2) is 0 Å². The first-order valence-electron chi connectivity index (χ1n) is 6.14. The highest BCUT2D eigenvalue weighted by molar-refractivity contribution is 6.02. The summed E-state index contributed by atoms with van der Waals surface area (Å²) in [4.78, 5) is 11.9. The minimum atomic E-state index is -0.157. The van der Waals surface area contributed by atoms with Crippen molar-refractivity contribution >= 4 is 17.7 Å². The first-order chi connectivity index (χ1) is 9.08. The minimum Gasteiger partial charge on any atom is -0.319 e. The van der Waals surface area contributed by atoms with Crippen molar-refractivity contribution < 1.29 is 4.79 Å². The summed E-state index contributed by atoms with van der Waals surface area (Å²) in [5.41, 5.74) is 4.57. The Bertz CT molecular complexity index is 607. The number of aryl methyl sites for hydroxylation is 3. The second-order valence-electron chi connectivity index (χ2n) is 4.49. The Morgan fingerprint density at radius 1 is 1.26 bits per heavy atom. The molecule has 0 unspecified atom stereocenters. The fraction of sp³-hybridized carbons (Fsp3) is 0.200. The van der Waals surface area contributed by atoms with E-state index in [1.54, 1.807) is 0 Å². The van der Waals surface area contributed by atoms with Crippen molar-refractivity contribution in [3.05, 3.63) is 52.9 Å². The van der Waals surface area contributed by atoms with Crippen molar-refractivity contribution in [2.45, 2.75) is 20.8 Å². The van der Waals surface area contributed by atoms with E-state index in [0.29, 0.717) is 0 Å². The quantitative estimate of drug-likeness (QED) is 0.828. The smallest absolute Gasteiger partial charge is 0.248 e. The SMILES string of the molecule is Cc1ccccc1/C=C/C(=O)Nc1c(C)n[nH]c1C. The van der Waals surface area contributed by atoms with Crippen molar-refractivity contribution in [1.29, 1.82) is 0 Å². The van der Waals surface area contributed by atoms with E-state index in [9.17, 15) is 4.79 Å². The predicted molar refractivity (Wildman–Crippen MR) is 76.9 cm³/mol. The molecule has 0 aliphatic rings. The van der Waals surface area contributed by atoms with Gasteiger partial charge < -0.3 is 5.32 Å². The molecule has 0 fully saturated rings. The maximum absolute atomic E-state index is 11.9. The Hall–Kier alpha value is -2.36. The second kappa shape index (κ2) is 5.52. The van der Waals surface area contributed by atoms with Gasteiger partial charge in [0.1, 0.15) is 0 Å². The summed E-state index contributed by atoms with van der Waals surface area (Å²) >= 11 is 0. The molecule has 1 amide bonds. The van der Waals surface area contributed by atoms with Crippen LogP contribution < -0.4 is 5.32 Å². The largest absolute Gasteiger partial charge is 0.319 e. The first-order valence-corrected chi connectivity index (χ1v) is 6.14. The molecule has 4 heteroatoms. The summed E-state index contributed by atoms with van der Waals surface area (Å²) in [5, 5.41) is 9.70. The van der Waals surface area contributed by atoms with Crippen molar-refractivity contribution in [1.82, 2.24) is 10.2 Å². The van der Waals surface area contributed by atoms with Crippen LogP contribution >= 0.6 is 0 Å². The van der Waals surface area contributed by atoms with Crippen LogP contribution in [0.25, 0.3) is 6.08 Å². The standard InChI is InChI=1S/C15H17N3O/c1-10-6-4-5-7-13(10)8-9-14(19)16-15-11(2)17-18-12(15)3/h4-9H,1-3H3,(H,16,19)(H,17,18)/b9-8+. The molecule has 2 rings (SSSR count). The third-order valence-corrected chi connectivity index (χ3v) is 2.98. The molecule has 1 heterocycles. The molecule has 2 aromatic rings. The van der Waals surface area contributed by atoms with Crippen LogP contribution in [0.1, 0.15) is 22.5 Å². The molecule has 0 aliphatic carbocycles. The van der Waals surface area contributed by atoms with Crippen molar-refractivity contribution in [2.75, 3.05) is 5.32 Å². The zero-order valence-corrected chi connectivity index (χ0v) is 11.3. The van der Waals surface area contributed by atoms with Crippen molar-refractivity contribution in [2.24, 2.45) is 0 Å². The molecule has 0 saturated carbocycles. The number of rotatable bonds is 3. The third-order valence-electron chi connectivity index (χ3n) is 2.98. The molecule has 0 spiro atoms. The molecule has 0 atom stereocenters. The Labute approximate surface area is 112 Å². The number of benzene rings is 1. The maximum atomic E-state index is 11.9. The van der Waals surface area contributed by atoms with E-state index < -0.39 is 0 Å². The average Bonchev–Trinajstić information content (AvgIpc) is 2.70. The van der Waals surface area contributed by atoms with Gasteiger partial charge in [0.2, 0.25) is 5.91 Å². The van der Waals surface area contributed by atoms with Gasteiger partial charge in [-0.3, -0.25) is 9.89 Å². The fourth-order valence-corrected chi connectivity index (χ4v) is 1.84. The van der Waals surface area contributed by atoms with Crippen LogP contribution in [-0.2, 0) is 4.79 Å². The molecule has 0 aliphatic heterocycles. The van der Waals surface area contributed by atoms with Gasteiger partial charge in [0.15, 0.2) is 0 Å². The van der Waals surface area contributed by atoms with Crippen LogP contribution in [0.3, 0.4) is 0 Å². The van der Waals surface area contributed by atoms with Crippen molar-refractivity contribution in [3.8, 4) is 0 Å². The Morgan fingerprint density at radius 3 is 2.63 bits per heavy atom. The van der Waals surface area contributed by atoms with Crippen LogP contribution in [0.15, 0.2) is 30.3 Å². The van der Waals surface area contributed by atoms with Crippen LogP contribution in [0, 0.1) is 20.8 Å². The normalized spacial score (nSPS) is 10.9. The molecule has 19 heavy (non-hydrogen) atoms.